The molecule has 0 bridgehead atoms. The van der Waals surface area contributed by atoms with Gasteiger partial charge in [-0.15, -0.1) is 0 Å². The molecule has 2 unspecified atom stereocenters. The minimum Gasteiger partial charge on any atom is -0.480 e. The van der Waals surface area contributed by atoms with Crippen molar-refractivity contribution in [2.45, 2.75) is 32.4 Å². The smallest absolute Gasteiger partial charge is 0.323 e. The molecule has 0 aliphatic carbocycles. The van der Waals surface area contributed by atoms with Crippen molar-refractivity contribution in [3.05, 3.63) is 0 Å². The molecule has 0 aromatic carbocycles. The van der Waals surface area contributed by atoms with Gasteiger partial charge in [0.2, 0.25) is 5.91 Å². The van der Waals surface area contributed by atoms with Crippen LogP contribution in [0, 0.1) is 0 Å². The molecular formula is C10H16N2O4S. The minimum absolute atomic E-state index is 0.152. The molecule has 0 aromatic heterocycles. The van der Waals surface area contributed by atoms with Crippen LogP contribution in [-0.4, -0.2) is 51.5 Å². The molecule has 1 aliphatic rings. The fraction of sp³-hybridized carbons (Fsp3) is 0.700. The van der Waals surface area contributed by atoms with E-state index in [1.54, 1.807) is 6.92 Å². The van der Waals surface area contributed by atoms with Gasteiger partial charge in [-0.25, -0.2) is 0 Å². The van der Waals surface area contributed by atoms with Crippen molar-refractivity contribution in [3.63, 3.8) is 0 Å². The van der Waals surface area contributed by atoms with Crippen molar-refractivity contribution in [1.29, 1.82) is 0 Å². The quantitative estimate of drug-likeness (QED) is 0.752. The monoisotopic (exact) mass is 260 g/mol. The molecule has 0 spiro atoms. The number of amides is 2. The van der Waals surface area contributed by atoms with Gasteiger partial charge in [-0.05, 0) is 13.3 Å². The van der Waals surface area contributed by atoms with Crippen LogP contribution in [0.5, 0.6) is 0 Å². The number of thioether (sulfide) groups is 1. The number of carbonyl (C=O) groups excluding carboxylic acids is 2. The van der Waals surface area contributed by atoms with E-state index in [4.69, 9.17) is 5.11 Å². The first-order valence-electron chi connectivity index (χ1n) is 5.41. The van der Waals surface area contributed by atoms with E-state index in [9.17, 15) is 14.4 Å². The van der Waals surface area contributed by atoms with Crippen LogP contribution in [0.2, 0.25) is 0 Å². The molecule has 0 saturated carbocycles. The van der Waals surface area contributed by atoms with Gasteiger partial charge in [-0.1, -0.05) is 18.7 Å². The lowest BCUT2D eigenvalue weighted by Gasteiger charge is -2.29. The molecule has 7 heteroatoms. The van der Waals surface area contributed by atoms with E-state index in [1.165, 1.54) is 4.90 Å². The Balaban J connectivity index is 2.71. The molecule has 17 heavy (non-hydrogen) atoms. The summed E-state index contributed by atoms with van der Waals surface area (Å²) in [5, 5.41) is 11.1. The standard InChI is InChI=1S/C10H16N2O4S/c1-3-6(2)12(4-8(13)14)9(15)7-5-17-10(16)11-7/h6-7H,3-5H2,1-2H3,(H,11,16)(H,13,14). The summed E-state index contributed by atoms with van der Waals surface area (Å²) in [4.78, 5) is 35.1. The van der Waals surface area contributed by atoms with Crippen LogP contribution in [0.25, 0.3) is 0 Å². The minimum atomic E-state index is -1.05. The predicted molar refractivity (Wildman–Crippen MR) is 63.9 cm³/mol. The fourth-order valence-electron chi connectivity index (χ4n) is 1.53. The van der Waals surface area contributed by atoms with E-state index in [0.717, 1.165) is 11.8 Å². The highest BCUT2D eigenvalue weighted by molar-refractivity contribution is 8.14. The third-order valence-electron chi connectivity index (χ3n) is 2.68. The van der Waals surface area contributed by atoms with E-state index in [2.05, 4.69) is 5.32 Å². The first kappa shape index (κ1) is 13.8. The second kappa shape index (κ2) is 5.90. The predicted octanol–water partition coefficient (Wildman–Crippen LogP) is 0.523. The largest absolute Gasteiger partial charge is 0.480 e. The van der Waals surface area contributed by atoms with Crippen molar-refractivity contribution >= 4 is 28.9 Å². The maximum Gasteiger partial charge on any atom is 0.323 e. The van der Waals surface area contributed by atoms with E-state index < -0.39 is 12.0 Å². The van der Waals surface area contributed by atoms with Crippen LogP contribution >= 0.6 is 11.8 Å². The fourth-order valence-corrected chi connectivity index (χ4v) is 2.30. The second-order valence-electron chi connectivity index (χ2n) is 3.91. The van der Waals surface area contributed by atoms with Crippen LogP contribution in [0.4, 0.5) is 4.79 Å². The van der Waals surface area contributed by atoms with Crippen molar-refractivity contribution < 1.29 is 19.5 Å². The number of carbonyl (C=O) groups is 3. The molecule has 1 saturated heterocycles. The van der Waals surface area contributed by atoms with Crippen LogP contribution in [0.15, 0.2) is 0 Å². The highest BCUT2D eigenvalue weighted by atomic mass is 32.2. The molecule has 0 radical (unpaired) electrons. The average Bonchev–Trinajstić information content (AvgIpc) is 2.70. The molecule has 1 heterocycles. The number of carboxylic acids is 1. The molecule has 0 aromatic rings. The van der Waals surface area contributed by atoms with Gasteiger partial charge in [0.25, 0.3) is 5.24 Å². The Morgan fingerprint density at radius 1 is 1.65 bits per heavy atom. The van der Waals surface area contributed by atoms with Gasteiger partial charge >= 0.3 is 5.97 Å². The molecule has 96 valence electrons. The number of hydrogen-bond acceptors (Lipinski definition) is 4. The highest BCUT2D eigenvalue weighted by Crippen LogP contribution is 2.16. The van der Waals surface area contributed by atoms with Gasteiger partial charge in [-0.2, -0.15) is 0 Å². The summed E-state index contributed by atoms with van der Waals surface area (Å²) in [6, 6.07) is -0.748. The highest BCUT2D eigenvalue weighted by Gasteiger charge is 2.33. The summed E-state index contributed by atoms with van der Waals surface area (Å²) in [6.45, 7) is 3.35. The summed E-state index contributed by atoms with van der Waals surface area (Å²) in [5.74, 6) is -1.000. The summed E-state index contributed by atoms with van der Waals surface area (Å²) in [6.07, 6.45) is 0.673. The average molecular weight is 260 g/mol. The lowest BCUT2D eigenvalue weighted by atomic mass is 10.2. The zero-order valence-electron chi connectivity index (χ0n) is 9.80. The second-order valence-corrected chi connectivity index (χ2v) is 4.91. The van der Waals surface area contributed by atoms with Crippen LogP contribution in [0.3, 0.4) is 0 Å². The van der Waals surface area contributed by atoms with Crippen molar-refractivity contribution in [1.82, 2.24) is 10.2 Å². The molecule has 1 rings (SSSR count). The van der Waals surface area contributed by atoms with Crippen LogP contribution < -0.4 is 5.32 Å². The Morgan fingerprint density at radius 3 is 2.71 bits per heavy atom. The summed E-state index contributed by atoms with van der Waals surface area (Å²) < 4.78 is 0. The summed E-state index contributed by atoms with van der Waals surface area (Å²) in [7, 11) is 0. The first-order chi connectivity index (χ1) is 7.95. The topological polar surface area (TPSA) is 86.7 Å². The van der Waals surface area contributed by atoms with E-state index in [1.807, 2.05) is 6.92 Å². The molecule has 6 nitrogen and oxygen atoms in total. The van der Waals surface area contributed by atoms with Crippen molar-refractivity contribution in [2.75, 3.05) is 12.3 Å². The number of carboxylic acid groups (broad SMARTS) is 1. The summed E-state index contributed by atoms with van der Waals surface area (Å²) in [5.41, 5.74) is 0. The number of rotatable bonds is 5. The van der Waals surface area contributed by atoms with E-state index >= 15 is 0 Å². The Hall–Kier alpha value is -1.24. The van der Waals surface area contributed by atoms with Crippen molar-refractivity contribution in [2.24, 2.45) is 0 Å². The lowest BCUT2D eigenvalue weighted by molar-refractivity contribution is -0.146. The van der Waals surface area contributed by atoms with Crippen LogP contribution in [-0.2, 0) is 9.59 Å². The molecule has 2 N–H and O–H groups in total. The number of nitrogens with one attached hydrogen (secondary N) is 1. The third-order valence-corrected chi connectivity index (χ3v) is 3.56. The SMILES string of the molecule is CCC(C)N(CC(=O)O)C(=O)C1CSC(=O)N1. The van der Waals surface area contributed by atoms with Crippen LogP contribution in [0.1, 0.15) is 20.3 Å². The lowest BCUT2D eigenvalue weighted by Crippen LogP contribution is -2.50. The third kappa shape index (κ3) is 3.62. The maximum absolute atomic E-state index is 12.1. The Bertz CT molecular complexity index is 334. The first-order valence-corrected chi connectivity index (χ1v) is 6.39. The molecule has 2 atom stereocenters. The van der Waals surface area contributed by atoms with Gasteiger partial charge < -0.3 is 15.3 Å². The summed E-state index contributed by atoms with van der Waals surface area (Å²) >= 11 is 1.04. The van der Waals surface area contributed by atoms with Gasteiger partial charge in [-0.3, -0.25) is 14.4 Å². The van der Waals surface area contributed by atoms with E-state index in [0.29, 0.717) is 12.2 Å². The Kier molecular flexibility index (Phi) is 4.80. The van der Waals surface area contributed by atoms with Gasteiger partial charge in [0.05, 0.1) is 0 Å². The molecule has 2 amide bonds. The molecular weight excluding hydrogens is 244 g/mol. The van der Waals surface area contributed by atoms with E-state index in [-0.39, 0.29) is 23.7 Å². The maximum atomic E-state index is 12.1. The molecule has 1 fully saturated rings. The van der Waals surface area contributed by atoms with Crippen molar-refractivity contribution in [3.8, 4) is 0 Å². The zero-order chi connectivity index (χ0) is 13.0. The van der Waals surface area contributed by atoms with Gasteiger partial charge in [0.15, 0.2) is 0 Å². The Morgan fingerprint density at radius 2 is 2.29 bits per heavy atom. The number of nitrogens with zero attached hydrogens (tertiary/aromatic N) is 1. The molecule has 1 aliphatic heterocycles. The number of hydrogen-bond donors (Lipinski definition) is 2. The normalized spacial score (nSPS) is 20.8. The van der Waals surface area contributed by atoms with Gasteiger partial charge in [0, 0.05) is 11.8 Å². The number of aliphatic carboxylic acids is 1. The zero-order valence-corrected chi connectivity index (χ0v) is 10.6. The van der Waals surface area contributed by atoms with Gasteiger partial charge in [0.1, 0.15) is 12.6 Å². The Labute approximate surface area is 104 Å².